The number of nitrogens with one attached hydrogen (secondary N) is 1. The Morgan fingerprint density at radius 3 is 2.69 bits per heavy atom. The van der Waals surface area contributed by atoms with Crippen LogP contribution in [0.15, 0.2) is 29.2 Å². The molecule has 2 aromatic heterocycles. The van der Waals surface area contributed by atoms with Crippen LogP contribution >= 0.6 is 0 Å². The molecule has 0 atom stereocenters. The Kier molecular flexibility index (Phi) is 1.02. The molecular weight excluding hydrogens is 166 g/mol. The van der Waals surface area contributed by atoms with Gasteiger partial charge in [0.1, 0.15) is 0 Å². The summed E-state index contributed by atoms with van der Waals surface area (Å²) in [6, 6.07) is 5.49. The first-order valence-electron chi connectivity index (χ1n) is 3.92. The Morgan fingerprint density at radius 2 is 1.85 bits per heavy atom. The second kappa shape index (κ2) is 2.04. The number of aromatic nitrogens is 3. The predicted octanol–water partition coefficient (Wildman–Crippen LogP) is 0.909. The van der Waals surface area contributed by atoms with E-state index in [0.29, 0.717) is 11.0 Å². The van der Waals surface area contributed by atoms with Gasteiger partial charge in [0, 0.05) is 17.1 Å². The minimum atomic E-state index is -0.425. The van der Waals surface area contributed by atoms with Gasteiger partial charge in [0.2, 0.25) is 0 Å². The summed E-state index contributed by atoms with van der Waals surface area (Å²) in [4.78, 5) is 21.7. The maximum absolute atomic E-state index is 11.0. The molecule has 3 aromatic rings. The fourth-order valence-electron chi connectivity index (χ4n) is 1.57. The molecule has 0 bridgehead atoms. The number of hydrogen-bond donors (Lipinski definition) is 1. The molecule has 0 saturated heterocycles. The first-order chi connectivity index (χ1) is 6.34. The van der Waals surface area contributed by atoms with E-state index in [0.717, 1.165) is 10.9 Å². The van der Waals surface area contributed by atoms with Gasteiger partial charge in [-0.3, -0.25) is 0 Å². The van der Waals surface area contributed by atoms with Crippen molar-refractivity contribution < 1.29 is 0 Å². The summed E-state index contributed by atoms with van der Waals surface area (Å²) in [5.41, 5.74) is 1.95. The SMILES string of the molecule is O=c1nc2cc[nH]c3ccc(n1)c23. The Bertz CT molecular complexity index is 629. The van der Waals surface area contributed by atoms with Gasteiger partial charge in [-0.2, -0.15) is 9.97 Å². The number of nitrogens with zero attached hydrogens (tertiary/aromatic N) is 2. The normalized spacial score (nSPS) is 11.4. The molecule has 13 heavy (non-hydrogen) atoms. The van der Waals surface area contributed by atoms with Crippen molar-refractivity contribution in [3.63, 3.8) is 0 Å². The second-order valence-corrected chi connectivity index (χ2v) is 2.88. The molecule has 0 fully saturated rings. The molecule has 62 valence electrons. The fourth-order valence-corrected chi connectivity index (χ4v) is 1.57. The lowest BCUT2D eigenvalue weighted by atomic mass is 10.3. The maximum Gasteiger partial charge on any atom is 0.368 e. The van der Waals surface area contributed by atoms with Gasteiger partial charge in [0.25, 0.3) is 0 Å². The molecule has 4 nitrogen and oxygen atoms in total. The van der Waals surface area contributed by atoms with Gasteiger partial charge in [-0.05, 0) is 18.2 Å². The van der Waals surface area contributed by atoms with Crippen molar-refractivity contribution in [1.82, 2.24) is 15.0 Å². The van der Waals surface area contributed by atoms with Crippen LogP contribution in [0, 0.1) is 0 Å². The van der Waals surface area contributed by atoms with Crippen LogP contribution < -0.4 is 5.69 Å². The summed E-state index contributed by atoms with van der Waals surface area (Å²) >= 11 is 0. The largest absolute Gasteiger partial charge is 0.368 e. The Morgan fingerprint density at radius 1 is 1.08 bits per heavy atom. The Hall–Kier alpha value is -1.97. The molecule has 0 amide bonds. The third-order valence-corrected chi connectivity index (χ3v) is 2.10. The zero-order chi connectivity index (χ0) is 8.84. The van der Waals surface area contributed by atoms with Gasteiger partial charge in [-0.25, -0.2) is 4.79 Å². The van der Waals surface area contributed by atoms with Crippen LogP contribution in [0.2, 0.25) is 0 Å². The van der Waals surface area contributed by atoms with Crippen molar-refractivity contribution in [1.29, 1.82) is 0 Å². The summed E-state index contributed by atoms with van der Waals surface area (Å²) in [6.07, 6.45) is 1.77. The van der Waals surface area contributed by atoms with Gasteiger partial charge < -0.3 is 4.98 Å². The predicted molar refractivity (Wildman–Crippen MR) is 48.9 cm³/mol. The molecule has 1 aromatic carbocycles. The molecule has 0 aliphatic rings. The number of pyridine rings is 1. The highest BCUT2D eigenvalue weighted by molar-refractivity contribution is 6.06. The van der Waals surface area contributed by atoms with Crippen LogP contribution in [-0.2, 0) is 0 Å². The molecule has 3 rings (SSSR count). The van der Waals surface area contributed by atoms with Gasteiger partial charge in [0.15, 0.2) is 0 Å². The van der Waals surface area contributed by atoms with Gasteiger partial charge in [-0.1, -0.05) is 0 Å². The average Bonchev–Trinajstić information content (AvgIpc) is 2.50. The zero-order valence-electron chi connectivity index (χ0n) is 6.61. The van der Waals surface area contributed by atoms with E-state index in [-0.39, 0.29) is 0 Å². The quantitative estimate of drug-likeness (QED) is 0.546. The van der Waals surface area contributed by atoms with Crippen LogP contribution in [0.5, 0.6) is 0 Å². The van der Waals surface area contributed by atoms with Crippen molar-refractivity contribution >= 4 is 21.9 Å². The van der Waals surface area contributed by atoms with Crippen LogP contribution in [-0.4, -0.2) is 15.0 Å². The number of aromatic amines is 1. The van der Waals surface area contributed by atoms with Gasteiger partial charge in [0.05, 0.1) is 11.0 Å². The van der Waals surface area contributed by atoms with E-state index < -0.39 is 5.69 Å². The molecule has 0 unspecified atom stereocenters. The summed E-state index contributed by atoms with van der Waals surface area (Å²) in [5, 5.41) is 0.933. The Labute approximate surface area is 72.6 Å². The average molecular weight is 171 g/mol. The summed E-state index contributed by atoms with van der Waals surface area (Å²) in [7, 11) is 0. The first-order valence-corrected chi connectivity index (χ1v) is 3.92. The summed E-state index contributed by atoms with van der Waals surface area (Å²) < 4.78 is 0. The minimum Gasteiger partial charge on any atom is -0.361 e. The van der Waals surface area contributed by atoms with Crippen LogP contribution in [0.1, 0.15) is 0 Å². The molecule has 4 heteroatoms. The van der Waals surface area contributed by atoms with Crippen LogP contribution in [0.4, 0.5) is 0 Å². The van der Waals surface area contributed by atoms with E-state index in [1.165, 1.54) is 0 Å². The third kappa shape index (κ3) is 0.767. The smallest absolute Gasteiger partial charge is 0.361 e. The van der Waals surface area contributed by atoms with Crippen molar-refractivity contribution in [2.75, 3.05) is 0 Å². The number of hydrogen-bond acceptors (Lipinski definition) is 3. The van der Waals surface area contributed by atoms with Crippen LogP contribution in [0.3, 0.4) is 0 Å². The lowest BCUT2D eigenvalue weighted by molar-refractivity contribution is 1.15. The molecular formula is C9H5N3O. The van der Waals surface area contributed by atoms with E-state index in [1.807, 2.05) is 12.1 Å². The molecule has 0 saturated carbocycles. The van der Waals surface area contributed by atoms with Gasteiger partial charge >= 0.3 is 5.69 Å². The lowest BCUT2D eigenvalue weighted by Gasteiger charge is -1.94. The zero-order valence-corrected chi connectivity index (χ0v) is 6.61. The fraction of sp³-hybridized carbons (Fsp3) is 0. The van der Waals surface area contributed by atoms with E-state index in [9.17, 15) is 4.79 Å². The topological polar surface area (TPSA) is 58.6 Å². The van der Waals surface area contributed by atoms with Crippen molar-refractivity contribution in [2.24, 2.45) is 0 Å². The first kappa shape index (κ1) is 6.54. The Balaban J connectivity index is 2.78. The highest BCUT2D eigenvalue weighted by Crippen LogP contribution is 2.21. The number of rotatable bonds is 0. The van der Waals surface area contributed by atoms with Crippen molar-refractivity contribution in [3.8, 4) is 0 Å². The molecule has 1 N–H and O–H groups in total. The van der Waals surface area contributed by atoms with E-state index in [2.05, 4.69) is 15.0 Å². The number of H-pyrrole nitrogens is 1. The van der Waals surface area contributed by atoms with Crippen LogP contribution in [0.25, 0.3) is 21.9 Å². The van der Waals surface area contributed by atoms with Gasteiger partial charge in [-0.15, -0.1) is 0 Å². The highest BCUT2D eigenvalue weighted by Gasteiger charge is 2.05. The van der Waals surface area contributed by atoms with E-state index >= 15 is 0 Å². The van der Waals surface area contributed by atoms with Crippen molar-refractivity contribution in [3.05, 3.63) is 34.9 Å². The monoisotopic (exact) mass is 171 g/mol. The van der Waals surface area contributed by atoms with E-state index in [1.54, 1.807) is 12.3 Å². The molecule has 0 spiro atoms. The third-order valence-electron chi connectivity index (χ3n) is 2.10. The summed E-state index contributed by atoms with van der Waals surface area (Å²) in [6.45, 7) is 0. The highest BCUT2D eigenvalue weighted by atomic mass is 16.1. The molecule has 0 radical (unpaired) electrons. The maximum atomic E-state index is 11.0. The summed E-state index contributed by atoms with van der Waals surface area (Å²) in [5.74, 6) is 0. The standard InChI is InChI=1S/C9H5N3O/c13-9-11-6-2-1-5-8(6)7(12-9)3-4-10-5/h1-4,10H. The molecule has 2 heterocycles. The second-order valence-electron chi connectivity index (χ2n) is 2.88. The van der Waals surface area contributed by atoms with E-state index in [4.69, 9.17) is 0 Å². The lowest BCUT2D eigenvalue weighted by Crippen LogP contribution is -2.08. The molecule has 0 aliphatic heterocycles. The minimum absolute atomic E-state index is 0.425. The molecule has 0 aliphatic carbocycles. The van der Waals surface area contributed by atoms with Crippen molar-refractivity contribution in [2.45, 2.75) is 0 Å².